The maximum Gasteiger partial charge on any atom is 0.387 e. The summed E-state index contributed by atoms with van der Waals surface area (Å²) in [7, 11) is 1.38. The fourth-order valence-electron chi connectivity index (χ4n) is 2.68. The summed E-state index contributed by atoms with van der Waals surface area (Å²) in [4.78, 5) is 12.3. The molecule has 0 aliphatic carbocycles. The van der Waals surface area contributed by atoms with Crippen LogP contribution in [0.2, 0.25) is 0 Å². The van der Waals surface area contributed by atoms with Gasteiger partial charge >= 0.3 is 6.61 Å². The Hall–Kier alpha value is -2.38. The highest BCUT2D eigenvalue weighted by Crippen LogP contribution is 2.29. The molecule has 0 aliphatic rings. The van der Waals surface area contributed by atoms with Crippen LogP contribution in [-0.4, -0.2) is 26.2 Å². The molecule has 0 bridgehead atoms. The lowest BCUT2D eigenvalue weighted by molar-refractivity contribution is -0.125. The molecule has 2 atom stereocenters. The molecule has 0 saturated carbocycles. The van der Waals surface area contributed by atoms with Crippen LogP contribution in [0.25, 0.3) is 0 Å². The summed E-state index contributed by atoms with van der Waals surface area (Å²) in [6.45, 7) is -0.811. The van der Waals surface area contributed by atoms with Gasteiger partial charge in [-0.15, -0.1) is 12.4 Å². The van der Waals surface area contributed by atoms with Gasteiger partial charge in [0.25, 0.3) is 0 Å². The van der Waals surface area contributed by atoms with Crippen molar-refractivity contribution in [3.63, 3.8) is 0 Å². The van der Waals surface area contributed by atoms with Crippen molar-refractivity contribution in [3.05, 3.63) is 59.7 Å². The molecule has 0 aliphatic heterocycles. The Morgan fingerprint density at radius 1 is 1.14 bits per heavy atom. The van der Waals surface area contributed by atoms with Crippen LogP contribution < -0.4 is 20.5 Å². The number of benzene rings is 2. The molecule has 154 valence electrons. The number of nitrogens with one attached hydrogen (secondary N) is 1. The SMILES string of the molecule is COc1ccc(CCNC(=O)C(C)C(N)c2ccccc2)cc1OC(F)F.Cl. The van der Waals surface area contributed by atoms with Crippen molar-refractivity contribution in [2.45, 2.75) is 26.0 Å². The molecule has 0 aromatic heterocycles. The number of methoxy groups -OCH3 is 1. The number of hydrogen-bond donors (Lipinski definition) is 2. The first kappa shape index (κ1) is 23.7. The quantitative estimate of drug-likeness (QED) is 0.656. The van der Waals surface area contributed by atoms with Gasteiger partial charge in [-0.25, -0.2) is 0 Å². The summed E-state index contributed by atoms with van der Waals surface area (Å²) >= 11 is 0. The van der Waals surface area contributed by atoms with Crippen LogP contribution in [0.3, 0.4) is 0 Å². The van der Waals surface area contributed by atoms with Crippen molar-refractivity contribution in [3.8, 4) is 11.5 Å². The minimum absolute atomic E-state index is 0. The van der Waals surface area contributed by atoms with Gasteiger partial charge in [0.1, 0.15) is 0 Å². The molecule has 8 heteroatoms. The number of rotatable bonds is 9. The molecule has 2 aromatic carbocycles. The molecular formula is C20H25ClF2N2O3. The second kappa shape index (κ2) is 11.5. The van der Waals surface area contributed by atoms with E-state index in [0.29, 0.717) is 13.0 Å². The Bertz CT molecular complexity index is 747. The van der Waals surface area contributed by atoms with Crippen molar-refractivity contribution >= 4 is 18.3 Å². The van der Waals surface area contributed by atoms with E-state index >= 15 is 0 Å². The van der Waals surface area contributed by atoms with Crippen LogP contribution in [0.15, 0.2) is 48.5 Å². The third-order valence-corrected chi connectivity index (χ3v) is 4.29. The predicted octanol–water partition coefficient (Wildman–Crippen LogP) is 3.71. The average molecular weight is 415 g/mol. The zero-order chi connectivity index (χ0) is 19.8. The molecule has 5 nitrogen and oxygen atoms in total. The lowest BCUT2D eigenvalue weighted by atomic mass is 9.94. The number of hydrogen-bond acceptors (Lipinski definition) is 4. The molecule has 0 radical (unpaired) electrons. The lowest BCUT2D eigenvalue weighted by Gasteiger charge is -2.20. The van der Waals surface area contributed by atoms with Gasteiger partial charge in [0.15, 0.2) is 11.5 Å². The third kappa shape index (κ3) is 6.65. The highest BCUT2D eigenvalue weighted by molar-refractivity contribution is 5.85. The number of carbonyl (C=O) groups excluding carboxylic acids is 1. The largest absolute Gasteiger partial charge is 0.493 e. The van der Waals surface area contributed by atoms with Crippen LogP contribution >= 0.6 is 12.4 Å². The zero-order valence-corrected chi connectivity index (χ0v) is 16.5. The first-order valence-electron chi connectivity index (χ1n) is 8.62. The van der Waals surface area contributed by atoms with E-state index < -0.39 is 18.6 Å². The van der Waals surface area contributed by atoms with E-state index in [9.17, 15) is 13.6 Å². The van der Waals surface area contributed by atoms with E-state index in [2.05, 4.69) is 10.1 Å². The number of halogens is 3. The number of nitrogens with two attached hydrogens (primary N) is 1. The standard InChI is InChI=1S/C20H24F2N2O3.ClH/c1-13(18(23)15-6-4-3-5-7-15)19(25)24-11-10-14-8-9-16(26-2)17(12-14)27-20(21)22;/h3-9,12-13,18,20H,10-11,23H2,1-2H3,(H,24,25);1H. The first-order valence-corrected chi connectivity index (χ1v) is 8.62. The molecule has 3 N–H and O–H groups in total. The van der Waals surface area contributed by atoms with Crippen molar-refractivity contribution in [2.24, 2.45) is 11.7 Å². The maximum absolute atomic E-state index is 12.5. The number of ether oxygens (including phenoxy) is 2. The fourth-order valence-corrected chi connectivity index (χ4v) is 2.68. The predicted molar refractivity (Wildman–Crippen MR) is 106 cm³/mol. The van der Waals surface area contributed by atoms with Crippen LogP contribution in [0.4, 0.5) is 8.78 Å². The highest BCUT2D eigenvalue weighted by Gasteiger charge is 2.21. The molecule has 2 unspecified atom stereocenters. The van der Waals surface area contributed by atoms with Crippen LogP contribution in [0.1, 0.15) is 24.1 Å². The number of amides is 1. The maximum atomic E-state index is 12.5. The summed E-state index contributed by atoms with van der Waals surface area (Å²) in [6.07, 6.45) is 0.461. The van der Waals surface area contributed by atoms with E-state index in [4.69, 9.17) is 10.5 Å². The summed E-state index contributed by atoms with van der Waals surface area (Å²) in [6, 6.07) is 13.8. The molecule has 2 aromatic rings. The third-order valence-electron chi connectivity index (χ3n) is 4.29. The Labute approximate surface area is 169 Å². The lowest BCUT2D eigenvalue weighted by Crippen LogP contribution is -2.36. The van der Waals surface area contributed by atoms with Crippen molar-refractivity contribution < 1.29 is 23.0 Å². The molecular weight excluding hydrogens is 390 g/mol. The van der Waals surface area contributed by atoms with Gasteiger partial charge in [0, 0.05) is 12.6 Å². The zero-order valence-electron chi connectivity index (χ0n) is 15.7. The van der Waals surface area contributed by atoms with Gasteiger partial charge in [-0.3, -0.25) is 4.79 Å². The smallest absolute Gasteiger partial charge is 0.387 e. The topological polar surface area (TPSA) is 73.6 Å². The van der Waals surface area contributed by atoms with Crippen molar-refractivity contribution in [1.82, 2.24) is 5.32 Å². The average Bonchev–Trinajstić information content (AvgIpc) is 2.67. The fraction of sp³-hybridized carbons (Fsp3) is 0.350. The first-order chi connectivity index (χ1) is 12.9. The summed E-state index contributed by atoms with van der Waals surface area (Å²) in [5.74, 6) is -0.369. The molecule has 28 heavy (non-hydrogen) atoms. The van der Waals surface area contributed by atoms with Gasteiger partial charge < -0.3 is 20.5 Å². The molecule has 0 saturated heterocycles. The summed E-state index contributed by atoms with van der Waals surface area (Å²) in [5.41, 5.74) is 7.79. The van der Waals surface area contributed by atoms with Crippen LogP contribution in [0, 0.1) is 5.92 Å². The normalized spacial score (nSPS) is 12.6. The van der Waals surface area contributed by atoms with E-state index in [-0.39, 0.29) is 29.8 Å². The molecule has 0 heterocycles. The van der Waals surface area contributed by atoms with Gasteiger partial charge in [-0.1, -0.05) is 43.3 Å². The molecule has 1 amide bonds. The van der Waals surface area contributed by atoms with Gasteiger partial charge in [-0.2, -0.15) is 8.78 Å². The van der Waals surface area contributed by atoms with Crippen molar-refractivity contribution in [2.75, 3.05) is 13.7 Å². The Balaban J connectivity index is 0.00000392. The highest BCUT2D eigenvalue weighted by atomic mass is 35.5. The van der Waals surface area contributed by atoms with Crippen molar-refractivity contribution in [1.29, 1.82) is 0 Å². The van der Waals surface area contributed by atoms with E-state index in [1.54, 1.807) is 19.1 Å². The molecule has 0 fully saturated rings. The minimum atomic E-state index is -2.94. The van der Waals surface area contributed by atoms with E-state index in [1.165, 1.54) is 13.2 Å². The Morgan fingerprint density at radius 2 is 1.82 bits per heavy atom. The van der Waals surface area contributed by atoms with Crippen LogP contribution in [-0.2, 0) is 11.2 Å². The minimum Gasteiger partial charge on any atom is -0.493 e. The van der Waals surface area contributed by atoms with E-state index in [0.717, 1.165) is 11.1 Å². The van der Waals surface area contributed by atoms with Crippen LogP contribution in [0.5, 0.6) is 11.5 Å². The van der Waals surface area contributed by atoms with Gasteiger partial charge in [0.05, 0.1) is 13.0 Å². The second-order valence-electron chi connectivity index (χ2n) is 6.13. The monoisotopic (exact) mass is 414 g/mol. The van der Waals surface area contributed by atoms with E-state index in [1.807, 2.05) is 30.3 Å². The second-order valence-corrected chi connectivity index (χ2v) is 6.13. The van der Waals surface area contributed by atoms with Gasteiger partial charge in [0.2, 0.25) is 5.91 Å². The Kier molecular flexibility index (Phi) is 9.68. The Morgan fingerprint density at radius 3 is 2.43 bits per heavy atom. The molecule has 2 rings (SSSR count). The summed E-state index contributed by atoms with van der Waals surface area (Å²) in [5, 5.41) is 2.83. The summed E-state index contributed by atoms with van der Waals surface area (Å²) < 4.78 is 34.4. The van der Waals surface area contributed by atoms with Gasteiger partial charge in [-0.05, 0) is 29.7 Å². The number of carbonyl (C=O) groups is 1. The number of alkyl halides is 2. The molecule has 0 spiro atoms.